The summed E-state index contributed by atoms with van der Waals surface area (Å²) in [6.07, 6.45) is 2.19. The predicted molar refractivity (Wildman–Crippen MR) is 100 cm³/mol. The van der Waals surface area contributed by atoms with Gasteiger partial charge in [0.05, 0.1) is 16.8 Å². The molecular weight excluding hydrogens is 340 g/mol. The van der Waals surface area contributed by atoms with Crippen molar-refractivity contribution in [2.24, 2.45) is 0 Å². The van der Waals surface area contributed by atoms with Crippen molar-refractivity contribution in [3.8, 4) is 0 Å². The number of aromatic nitrogens is 2. The van der Waals surface area contributed by atoms with Crippen LogP contribution in [0.1, 0.15) is 5.56 Å². The van der Waals surface area contributed by atoms with Gasteiger partial charge in [-0.1, -0.05) is 54.2 Å². The number of fused-ring (bicyclic) bond motifs is 1. The van der Waals surface area contributed by atoms with Gasteiger partial charge in [-0.2, -0.15) is 0 Å². The minimum Gasteiger partial charge on any atom is -0.319 e. The van der Waals surface area contributed by atoms with Crippen LogP contribution in [0.25, 0.3) is 11.0 Å². The van der Waals surface area contributed by atoms with Gasteiger partial charge in [0.2, 0.25) is 0 Å². The van der Waals surface area contributed by atoms with Crippen molar-refractivity contribution in [2.45, 2.75) is 18.1 Å². The van der Waals surface area contributed by atoms with Crippen LogP contribution in [0.5, 0.6) is 0 Å². The molecule has 3 rings (SSSR count). The molecule has 0 saturated carbocycles. The molecule has 3 aromatic rings. The Labute approximate surface area is 146 Å². The van der Waals surface area contributed by atoms with E-state index in [1.165, 1.54) is 23.6 Å². The fraction of sp³-hybridized carbons (Fsp3) is 0.278. The number of aryl methyl sites for hydroxylation is 2. The molecule has 126 valence electrons. The molecule has 0 radical (unpaired) electrons. The van der Waals surface area contributed by atoms with Gasteiger partial charge in [0.15, 0.2) is 5.16 Å². The van der Waals surface area contributed by atoms with Gasteiger partial charge in [-0.05, 0) is 24.1 Å². The summed E-state index contributed by atoms with van der Waals surface area (Å²) in [6, 6.07) is 18.4. The number of thioether (sulfide) groups is 1. The van der Waals surface area contributed by atoms with Crippen LogP contribution in [0.15, 0.2) is 59.8 Å². The smallest absolute Gasteiger partial charge is 0.169 e. The summed E-state index contributed by atoms with van der Waals surface area (Å²) in [4.78, 5) is 4.68. The van der Waals surface area contributed by atoms with Gasteiger partial charge in [0, 0.05) is 18.6 Å². The Morgan fingerprint density at radius 3 is 2.50 bits per heavy atom. The van der Waals surface area contributed by atoms with E-state index in [1.807, 2.05) is 36.4 Å². The van der Waals surface area contributed by atoms with E-state index in [-0.39, 0.29) is 5.75 Å². The van der Waals surface area contributed by atoms with Gasteiger partial charge in [0.1, 0.15) is 9.84 Å². The van der Waals surface area contributed by atoms with E-state index in [1.54, 1.807) is 0 Å². The minimum atomic E-state index is -2.95. The van der Waals surface area contributed by atoms with Gasteiger partial charge in [0.25, 0.3) is 0 Å². The third-order valence-corrected chi connectivity index (χ3v) is 5.95. The van der Waals surface area contributed by atoms with Crippen LogP contribution in [-0.4, -0.2) is 35.7 Å². The average Bonchev–Trinajstić information content (AvgIpc) is 2.90. The lowest BCUT2D eigenvalue weighted by molar-refractivity contribution is 0.603. The molecule has 0 atom stereocenters. The lowest BCUT2D eigenvalue weighted by Gasteiger charge is -2.09. The fourth-order valence-corrected chi connectivity index (χ4v) is 4.78. The number of nitrogens with zero attached hydrogens (tertiary/aromatic N) is 2. The summed E-state index contributed by atoms with van der Waals surface area (Å²) < 4.78 is 24.9. The van der Waals surface area contributed by atoms with Crippen molar-refractivity contribution in [3.63, 3.8) is 0 Å². The van der Waals surface area contributed by atoms with Crippen LogP contribution < -0.4 is 0 Å². The standard InChI is InChI=1S/C18H20N2O2S2/c1-24(21,22)14-13-23-18-19-16-9-5-6-10-17(16)20(18)12-11-15-7-3-2-4-8-15/h2-10H,11-14H2,1H3. The summed E-state index contributed by atoms with van der Waals surface area (Å²) in [5, 5.41) is 0.885. The molecule has 0 fully saturated rings. The van der Waals surface area contributed by atoms with Crippen molar-refractivity contribution in [3.05, 3.63) is 60.2 Å². The molecule has 1 aromatic heterocycles. The highest BCUT2D eigenvalue weighted by molar-refractivity contribution is 8.00. The van der Waals surface area contributed by atoms with Crippen molar-refractivity contribution in [1.29, 1.82) is 0 Å². The Morgan fingerprint density at radius 1 is 1.04 bits per heavy atom. The van der Waals surface area contributed by atoms with Crippen molar-refractivity contribution < 1.29 is 8.42 Å². The maximum Gasteiger partial charge on any atom is 0.169 e. The lowest BCUT2D eigenvalue weighted by atomic mass is 10.1. The van der Waals surface area contributed by atoms with Crippen LogP contribution in [-0.2, 0) is 22.8 Å². The second-order valence-corrected chi connectivity index (χ2v) is 9.07. The number of rotatable bonds is 7. The Hall–Kier alpha value is -1.79. The normalized spacial score (nSPS) is 11.9. The zero-order valence-corrected chi connectivity index (χ0v) is 15.2. The molecule has 6 heteroatoms. The molecular formula is C18H20N2O2S2. The largest absolute Gasteiger partial charge is 0.319 e. The molecule has 2 aromatic carbocycles. The van der Waals surface area contributed by atoms with Crippen molar-refractivity contribution in [2.75, 3.05) is 17.8 Å². The molecule has 4 nitrogen and oxygen atoms in total. The topological polar surface area (TPSA) is 52.0 Å². The number of hydrogen-bond acceptors (Lipinski definition) is 4. The Kier molecular flexibility index (Phi) is 5.26. The first-order valence-electron chi connectivity index (χ1n) is 7.83. The fourth-order valence-electron chi connectivity index (χ4n) is 2.55. The molecule has 0 aliphatic rings. The molecule has 0 saturated heterocycles. The number of benzene rings is 2. The maximum absolute atomic E-state index is 11.3. The van der Waals surface area contributed by atoms with Crippen LogP contribution in [0, 0.1) is 0 Å². The monoisotopic (exact) mass is 360 g/mol. The zero-order valence-electron chi connectivity index (χ0n) is 13.6. The first-order valence-corrected chi connectivity index (χ1v) is 10.9. The summed E-state index contributed by atoms with van der Waals surface area (Å²) in [5.41, 5.74) is 3.32. The third kappa shape index (κ3) is 4.39. The lowest BCUT2D eigenvalue weighted by Crippen LogP contribution is -2.07. The third-order valence-electron chi connectivity index (χ3n) is 3.77. The van der Waals surface area contributed by atoms with Crippen LogP contribution in [0.3, 0.4) is 0 Å². The van der Waals surface area contributed by atoms with Gasteiger partial charge < -0.3 is 4.57 Å². The minimum absolute atomic E-state index is 0.166. The van der Waals surface area contributed by atoms with Gasteiger partial charge in [-0.15, -0.1) is 0 Å². The number of hydrogen-bond donors (Lipinski definition) is 0. The highest BCUT2D eigenvalue weighted by atomic mass is 32.2. The van der Waals surface area contributed by atoms with Gasteiger partial charge in [-0.25, -0.2) is 13.4 Å². The average molecular weight is 361 g/mol. The predicted octanol–water partition coefficient (Wildman–Crippen LogP) is 3.42. The van der Waals surface area contributed by atoms with E-state index in [9.17, 15) is 8.42 Å². The molecule has 0 aliphatic carbocycles. The number of imidazole rings is 1. The molecule has 0 spiro atoms. The van der Waals surface area contributed by atoms with E-state index in [4.69, 9.17) is 0 Å². The Morgan fingerprint density at radius 2 is 1.75 bits per heavy atom. The maximum atomic E-state index is 11.3. The van der Waals surface area contributed by atoms with Crippen LogP contribution >= 0.6 is 11.8 Å². The van der Waals surface area contributed by atoms with E-state index in [2.05, 4.69) is 27.8 Å². The highest BCUT2D eigenvalue weighted by Gasteiger charge is 2.12. The summed E-state index contributed by atoms with van der Waals surface area (Å²) in [7, 11) is -2.95. The highest BCUT2D eigenvalue weighted by Crippen LogP contribution is 2.24. The summed E-state index contributed by atoms with van der Waals surface area (Å²) in [5.74, 6) is 0.688. The molecule has 24 heavy (non-hydrogen) atoms. The van der Waals surface area contributed by atoms with E-state index in [0.29, 0.717) is 5.75 Å². The van der Waals surface area contributed by atoms with E-state index >= 15 is 0 Å². The molecule has 0 unspecified atom stereocenters. The van der Waals surface area contributed by atoms with Crippen molar-refractivity contribution in [1.82, 2.24) is 9.55 Å². The molecule has 0 aliphatic heterocycles. The summed E-state index contributed by atoms with van der Waals surface area (Å²) in [6.45, 7) is 0.825. The first kappa shape index (κ1) is 17.0. The second kappa shape index (κ2) is 7.40. The molecule has 0 N–H and O–H groups in total. The van der Waals surface area contributed by atoms with Crippen molar-refractivity contribution >= 4 is 32.6 Å². The Bertz CT molecular complexity index is 919. The van der Waals surface area contributed by atoms with Crippen LogP contribution in [0.2, 0.25) is 0 Å². The summed E-state index contributed by atoms with van der Waals surface area (Å²) >= 11 is 1.51. The van der Waals surface area contributed by atoms with E-state index in [0.717, 1.165) is 29.2 Å². The van der Waals surface area contributed by atoms with Crippen LogP contribution in [0.4, 0.5) is 0 Å². The second-order valence-electron chi connectivity index (χ2n) is 5.75. The van der Waals surface area contributed by atoms with E-state index < -0.39 is 9.84 Å². The molecule has 0 amide bonds. The van der Waals surface area contributed by atoms with Gasteiger partial charge in [-0.3, -0.25) is 0 Å². The number of sulfone groups is 1. The first-order chi connectivity index (χ1) is 11.5. The van der Waals surface area contributed by atoms with Gasteiger partial charge >= 0.3 is 0 Å². The Balaban J connectivity index is 1.82. The quantitative estimate of drug-likeness (QED) is 0.606. The number of para-hydroxylation sites is 2. The SMILES string of the molecule is CS(=O)(=O)CCSc1nc2ccccc2n1CCc1ccccc1. The molecule has 0 bridgehead atoms. The molecule has 1 heterocycles. The zero-order chi connectivity index (χ0) is 17.0.